The van der Waals surface area contributed by atoms with Gasteiger partial charge in [0.05, 0.1) is 11.7 Å². The maximum absolute atomic E-state index is 11.1. The van der Waals surface area contributed by atoms with E-state index in [-0.39, 0.29) is 6.10 Å². The van der Waals surface area contributed by atoms with Gasteiger partial charge in [0.15, 0.2) is 0 Å². The fourth-order valence-corrected chi connectivity index (χ4v) is 1.22. The monoisotopic (exact) mass is 223 g/mol. The van der Waals surface area contributed by atoms with Crippen LogP contribution in [0, 0.1) is 0 Å². The molecule has 0 radical (unpaired) electrons. The molecule has 0 aliphatic rings. The molecular formula is C11H17N3O2. The van der Waals surface area contributed by atoms with Crippen molar-refractivity contribution in [2.75, 3.05) is 24.7 Å². The Bertz CT molecular complexity index is 379. The predicted molar refractivity (Wildman–Crippen MR) is 64.3 cm³/mol. The minimum Gasteiger partial charge on any atom is -0.398 e. The Kier molecular flexibility index (Phi) is 4.13. The lowest BCUT2D eigenvalue weighted by Gasteiger charge is -2.13. The molecule has 0 heterocycles. The molecule has 1 atom stereocenters. The zero-order valence-corrected chi connectivity index (χ0v) is 9.49. The zero-order chi connectivity index (χ0) is 12.1. The van der Waals surface area contributed by atoms with E-state index < -0.39 is 5.91 Å². The molecule has 1 unspecified atom stereocenters. The van der Waals surface area contributed by atoms with Gasteiger partial charge in [-0.05, 0) is 25.1 Å². The minimum atomic E-state index is -0.527. The van der Waals surface area contributed by atoms with Gasteiger partial charge in [0.2, 0.25) is 0 Å². The van der Waals surface area contributed by atoms with Gasteiger partial charge in [-0.15, -0.1) is 0 Å². The first-order chi connectivity index (χ1) is 7.54. The highest BCUT2D eigenvalue weighted by Gasteiger charge is 2.07. The van der Waals surface area contributed by atoms with E-state index >= 15 is 0 Å². The van der Waals surface area contributed by atoms with Crippen molar-refractivity contribution in [2.24, 2.45) is 5.73 Å². The van der Waals surface area contributed by atoms with Crippen LogP contribution in [0.1, 0.15) is 17.3 Å². The second-order valence-electron chi connectivity index (χ2n) is 3.59. The van der Waals surface area contributed by atoms with Crippen LogP contribution >= 0.6 is 0 Å². The maximum atomic E-state index is 11.1. The Hall–Kier alpha value is -1.75. The van der Waals surface area contributed by atoms with Crippen LogP contribution in [0.3, 0.4) is 0 Å². The SMILES string of the molecule is COC(C)CNc1ccc(N)c(C(N)=O)c1. The van der Waals surface area contributed by atoms with Gasteiger partial charge in [0.1, 0.15) is 0 Å². The van der Waals surface area contributed by atoms with Gasteiger partial charge in [0.25, 0.3) is 5.91 Å². The number of hydrogen-bond donors (Lipinski definition) is 3. The smallest absolute Gasteiger partial charge is 0.250 e. The number of carbonyl (C=O) groups excluding carboxylic acids is 1. The maximum Gasteiger partial charge on any atom is 0.250 e. The van der Waals surface area contributed by atoms with Crippen molar-refractivity contribution in [3.63, 3.8) is 0 Å². The highest BCUT2D eigenvalue weighted by Crippen LogP contribution is 2.17. The van der Waals surface area contributed by atoms with E-state index in [4.69, 9.17) is 16.2 Å². The minimum absolute atomic E-state index is 0.0922. The summed E-state index contributed by atoms with van der Waals surface area (Å²) < 4.78 is 5.09. The summed E-state index contributed by atoms with van der Waals surface area (Å²) >= 11 is 0. The molecule has 88 valence electrons. The lowest BCUT2D eigenvalue weighted by Crippen LogP contribution is -2.19. The average molecular weight is 223 g/mol. The number of nitrogens with two attached hydrogens (primary N) is 2. The number of benzene rings is 1. The molecular weight excluding hydrogens is 206 g/mol. The van der Waals surface area contributed by atoms with Crippen molar-refractivity contribution in [3.05, 3.63) is 23.8 Å². The van der Waals surface area contributed by atoms with Gasteiger partial charge < -0.3 is 21.5 Å². The molecule has 5 heteroatoms. The summed E-state index contributed by atoms with van der Waals surface area (Å²) in [5.41, 5.74) is 12.3. The second-order valence-corrected chi connectivity index (χ2v) is 3.59. The van der Waals surface area contributed by atoms with E-state index in [1.165, 1.54) is 0 Å². The molecule has 0 saturated carbocycles. The van der Waals surface area contributed by atoms with E-state index in [0.29, 0.717) is 17.8 Å². The summed E-state index contributed by atoms with van der Waals surface area (Å²) in [7, 11) is 1.64. The normalized spacial score (nSPS) is 12.1. The van der Waals surface area contributed by atoms with Gasteiger partial charge in [-0.25, -0.2) is 0 Å². The highest BCUT2D eigenvalue weighted by atomic mass is 16.5. The Labute approximate surface area is 94.8 Å². The first-order valence-electron chi connectivity index (χ1n) is 5.00. The van der Waals surface area contributed by atoms with Crippen LogP contribution < -0.4 is 16.8 Å². The van der Waals surface area contributed by atoms with Crippen molar-refractivity contribution in [2.45, 2.75) is 13.0 Å². The van der Waals surface area contributed by atoms with Crippen LogP contribution in [-0.4, -0.2) is 25.7 Å². The lowest BCUT2D eigenvalue weighted by atomic mass is 10.1. The van der Waals surface area contributed by atoms with Crippen LogP contribution in [0.25, 0.3) is 0 Å². The largest absolute Gasteiger partial charge is 0.398 e. The Morgan fingerprint density at radius 3 is 2.81 bits per heavy atom. The molecule has 0 aliphatic heterocycles. The zero-order valence-electron chi connectivity index (χ0n) is 9.49. The highest BCUT2D eigenvalue weighted by molar-refractivity contribution is 5.98. The number of nitrogens with one attached hydrogen (secondary N) is 1. The van der Waals surface area contributed by atoms with E-state index in [0.717, 1.165) is 5.69 Å². The van der Waals surface area contributed by atoms with E-state index in [1.54, 1.807) is 25.3 Å². The topological polar surface area (TPSA) is 90.4 Å². The molecule has 0 spiro atoms. The standard InChI is InChI=1S/C11H17N3O2/c1-7(16-2)6-14-8-3-4-10(12)9(5-8)11(13)15/h3-5,7,14H,6,12H2,1-2H3,(H2,13,15). The molecule has 1 aromatic carbocycles. The van der Waals surface area contributed by atoms with Crippen LogP contribution in [0.15, 0.2) is 18.2 Å². The number of anilines is 2. The van der Waals surface area contributed by atoms with E-state index in [2.05, 4.69) is 5.32 Å². The Balaban J connectivity index is 2.75. The molecule has 0 bridgehead atoms. The van der Waals surface area contributed by atoms with Crippen LogP contribution in [0.2, 0.25) is 0 Å². The Morgan fingerprint density at radius 1 is 1.56 bits per heavy atom. The molecule has 0 fully saturated rings. The van der Waals surface area contributed by atoms with Crippen molar-refractivity contribution in [1.29, 1.82) is 0 Å². The molecule has 1 amide bonds. The number of hydrogen-bond acceptors (Lipinski definition) is 4. The second kappa shape index (κ2) is 5.37. The molecule has 0 saturated heterocycles. The quantitative estimate of drug-likeness (QED) is 0.644. The van der Waals surface area contributed by atoms with Crippen LogP contribution in [0.4, 0.5) is 11.4 Å². The molecule has 1 aromatic rings. The van der Waals surface area contributed by atoms with Crippen LogP contribution in [0.5, 0.6) is 0 Å². The lowest BCUT2D eigenvalue weighted by molar-refractivity contribution is 0.100. The fourth-order valence-electron chi connectivity index (χ4n) is 1.22. The predicted octanol–water partition coefficient (Wildman–Crippen LogP) is 0.815. The van der Waals surface area contributed by atoms with Crippen LogP contribution in [-0.2, 0) is 4.74 Å². The summed E-state index contributed by atoms with van der Waals surface area (Å²) in [6.45, 7) is 2.60. The van der Waals surface area contributed by atoms with Gasteiger partial charge in [-0.1, -0.05) is 0 Å². The molecule has 5 nitrogen and oxygen atoms in total. The van der Waals surface area contributed by atoms with Gasteiger partial charge in [0, 0.05) is 25.0 Å². The van der Waals surface area contributed by atoms with Gasteiger partial charge in [-0.3, -0.25) is 4.79 Å². The summed E-state index contributed by atoms with van der Waals surface area (Å²) in [6, 6.07) is 5.09. The van der Waals surface area contributed by atoms with Crippen molar-refractivity contribution >= 4 is 17.3 Å². The molecule has 0 aliphatic carbocycles. The summed E-state index contributed by atoms with van der Waals surface area (Å²) in [5, 5.41) is 3.13. The number of ether oxygens (including phenoxy) is 1. The third-order valence-electron chi connectivity index (χ3n) is 2.31. The first-order valence-corrected chi connectivity index (χ1v) is 5.00. The summed E-state index contributed by atoms with van der Waals surface area (Å²) in [6.07, 6.45) is 0.0922. The van der Waals surface area contributed by atoms with Crippen molar-refractivity contribution < 1.29 is 9.53 Å². The number of nitrogen functional groups attached to an aromatic ring is 1. The molecule has 16 heavy (non-hydrogen) atoms. The fraction of sp³-hybridized carbons (Fsp3) is 0.364. The van der Waals surface area contributed by atoms with Crippen molar-refractivity contribution in [3.8, 4) is 0 Å². The number of rotatable bonds is 5. The van der Waals surface area contributed by atoms with E-state index in [1.807, 2.05) is 6.92 Å². The van der Waals surface area contributed by atoms with Gasteiger partial charge >= 0.3 is 0 Å². The van der Waals surface area contributed by atoms with Crippen molar-refractivity contribution in [1.82, 2.24) is 0 Å². The first kappa shape index (κ1) is 12.3. The molecule has 1 rings (SSSR count). The summed E-state index contributed by atoms with van der Waals surface area (Å²) in [4.78, 5) is 11.1. The number of primary amides is 1. The number of amides is 1. The Morgan fingerprint density at radius 2 is 2.25 bits per heavy atom. The average Bonchev–Trinajstić information content (AvgIpc) is 2.27. The third-order valence-corrected chi connectivity index (χ3v) is 2.31. The number of methoxy groups -OCH3 is 1. The van der Waals surface area contributed by atoms with E-state index in [9.17, 15) is 4.79 Å². The van der Waals surface area contributed by atoms with Gasteiger partial charge in [-0.2, -0.15) is 0 Å². The number of carbonyl (C=O) groups is 1. The third kappa shape index (κ3) is 3.13. The molecule has 0 aromatic heterocycles. The molecule has 5 N–H and O–H groups in total. The summed E-state index contributed by atoms with van der Waals surface area (Å²) in [5.74, 6) is -0.527.